The highest BCUT2D eigenvalue weighted by Crippen LogP contribution is 2.05. The van der Waals surface area contributed by atoms with Crippen LogP contribution < -0.4 is 0 Å². The van der Waals surface area contributed by atoms with E-state index in [4.69, 9.17) is 5.11 Å². The van der Waals surface area contributed by atoms with Crippen molar-refractivity contribution in [3.8, 4) is 0 Å². The number of nitrogens with zero attached hydrogens (tertiary/aromatic N) is 2. The van der Waals surface area contributed by atoms with Crippen LogP contribution in [-0.2, 0) is 14.6 Å². The summed E-state index contributed by atoms with van der Waals surface area (Å²) in [6.07, 6.45) is 0. The van der Waals surface area contributed by atoms with Gasteiger partial charge in [0, 0.05) is 32.7 Å². The third-order valence-corrected chi connectivity index (χ3v) is 5.05. The second-order valence-electron chi connectivity index (χ2n) is 5.00. The minimum atomic E-state index is -3.27. The summed E-state index contributed by atoms with van der Waals surface area (Å²) in [7, 11) is -1.23. The molecule has 0 aromatic carbocycles. The molecular formula is C11H22N2O4S. The van der Waals surface area contributed by atoms with E-state index in [0.29, 0.717) is 6.54 Å². The van der Waals surface area contributed by atoms with E-state index < -0.39 is 21.7 Å². The van der Waals surface area contributed by atoms with Crippen LogP contribution in [0.5, 0.6) is 0 Å². The predicted molar refractivity (Wildman–Crippen MR) is 69.4 cm³/mol. The quantitative estimate of drug-likeness (QED) is 0.697. The molecule has 1 aliphatic heterocycles. The summed E-state index contributed by atoms with van der Waals surface area (Å²) in [5, 5.41) is 8.71. The van der Waals surface area contributed by atoms with Gasteiger partial charge in [0.1, 0.15) is 0 Å². The van der Waals surface area contributed by atoms with Gasteiger partial charge < -0.3 is 10.0 Å². The van der Waals surface area contributed by atoms with Gasteiger partial charge in [0.25, 0.3) is 0 Å². The van der Waals surface area contributed by atoms with E-state index in [0.717, 1.165) is 26.2 Å². The van der Waals surface area contributed by atoms with E-state index in [1.165, 1.54) is 6.92 Å². The Morgan fingerprint density at radius 2 is 1.83 bits per heavy atom. The zero-order valence-corrected chi connectivity index (χ0v) is 11.8. The van der Waals surface area contributed by atoms with Gasteiger partial charge in [-0.3, -0.25) is 9.69 Å². The summed E-state index contributed by atoms with van der Waals surface area (Å²) >= 11 is 0. The van der Waals surface area contributed by atoms with Crippen LogP contribution in [-0.4, -0.2) is 80.6 Å². The summed E-state index contributed by atoms with van der Waals surface area (Å²) in [4.78, 5) is 15.0. The highest BCUT2D eigenvalue weighted by molar-refractivity contribution is 7.91. The van der Waals surface area contributed by atoms with Gasteiger partial charge in [0.2, 0.25) is 0 Å². The Labute approximate surface area is 108 Å². The number of likely N-dealkylation sites (N-methyl/N-ethyl adjacent to an activating group) is 1. The van der Waals surface area contributed by atoms with Crippen molar-refractivity contribution in [2.45, 2.75) is 6.92 Å². The topological polar surface area (TPSA) is 77.9 Å². The van der Waals surface area contributed by atoms with Crippen LogP contribution >= 0.6 is 0 Å². The number of carboxylic acids is 1. The molecule has 1 rings (SSSR count). The molecule has 1 unspecified atom stereocenters. The molecule has 1 aliphatic rings. The second kappa shape index (κ2) is 6.49. The van der Waals surface area contributed by atoms with E-state index in [1.54, 1.807) is 0 Å². The first-order valence-electron chi connectivity index (χ1n) is 6.14. The third-order valence-electron chi connectivity index (χ3n) is 3.24. The lowest BCUT2D eigenvalue weighted by atomic mass is 10.2. The minimum Gasteiger partial charge on any atom is -0.481 e. The monoisotopic (exact) mass is 278 g/mol. The summed E-state index contributed by atoms with van der Waals surface area (Å²) in [5.74, 6) is -2.11. The van der Waals surface area contributed by atoms with Crippen molar-refractivity contribution in [3.63, 3.8) is 0 Å². The zero-order valence-electron chi connectivity index (χ0n) is 11.0. The normalized spacial score (nSPS) is 20.8. The molecule has 1 N–H and O–H groups in total. The largest absolute Gasteiger partial charge is 0.481 e. The number of carboxylic acid groups (broad SMARTS) is 1. The first-order chi connectivity index (χ1) is 8.30. The minimum absolute atomic E-state index is 0.0499. The van der Waals surface area contributed by atoms with Crippen LogP contribution in [0.25, 0.3) is 0 Å². The number of piperazine rings is 1. The molecule has 6 nitrogen and oxygen atoms in total. The van der Waals surface area contributed by atoms with E-state index >= 15 is 0 Å². The molecule has 0 aromatic rings. The predicted octanol–water partition coefficient (Wildman–Crippen LogP) is -0.631. The molecule has 1 fully saturated rings. The smallest absolute Gasteiger partial charge is 0.307 e. The summed E-state index contributed by atoms with van der Waals surface area (Å²) < 4.78 is 23.5. The van der Waals surface area contributed by atoms with Crippen molar-refractivity contribution in [1.82, 2.24) is 9.80 Å². The van der Waals surface area contributed by atoms with E-state index in [9.17, 15) is 13.2 Å². The Hall–Kier alpha value is -0.660. The molecule has 1 saturated heterocycles. The van der Waals surface area contributed by atoms with Crippen LogP contribution in [0.3, 0.4) is 0 Å². The summed E-state index contributed by atoms with van der Waals surface area (Å²) in [6, 6.07) is 0. The first kappa shape index (κ1) is 15.4. The number of hydrogen-bond donors (Lipinski definition) is 1. The molecule has 0 amide bonds. The highest BCUT2D eigenvalue weighted by atomic mass is 32.2. The van der Waals surface area contributed by atoms with Gasteiger partial charge in [-0.15, -0.1) is 0 Å². The second-order valence-corrected chi connectivity index (χ2v) is 7.23. The maximum atomic E-state index is 11.8. The molecule has 106 valence electrons. The Balaban J connectivity index is 2.35. The van der Waals surface area contributed by atoms with Crippen molar-refractivity contribution in [1.29, 1.82) is 0 Å². The lowest BCUT2D eigenvalue weighted by Crippen LogP contribution is -2.46. The van der Waals surface area contributed by atoms with Gasteiger partial charge >= 0.3 is 5.97 Å². The molecule has 0 aromatic heterocycles. The standard InChI is InChI=1S/C11H22N2O4S/c1-10(11(14)15)9-18(16,17)8-7-13-5-3-12(2)4-6-13/h10H,3-9H2,1-2H3,(H,14,15). The zero-order chi connectivity index (χ0) is 13.8. The van der Waals surface area contributed by atoms with Crippen LogP contribution in [0.1, 0.15) is 6.92 Å². The molecular weight excluding hydrogens is 256 g/mol. The average Bonchev–Trinajstić information content (AvgIpc) is 2.27. The van der Waals surface area contributed by atoms with Gasteiger partial charge in [-0.25, -0.2) is 8.42 Å². The van der Waals surface area contributed by atoms with Crippen LogP contribution in [0.2, 0.25) is 0 Å². The number of sulfone groups is 1. The molecule has 0 aliphatic carbocycles. The van der Waals surface area contributed by atoms with E-state index in [-0.39, 0.29) is 11.5 Å². The molecule has 0 saturated carbocycles. The van der Waals surface area contributed by atoms with Gasteiger partial charge in [-0.05, 0) is 7.05 Å². The molecule has 18 heavy (non-hydrogen) atoms. The Bertz CT molecular complexity index is 375. The Morgan fingerprint density at radius 1 is 1.28 bits per heavy atom. The highest BCUT2D eigenvalue weighted by Gasteiger charge is 2.22. The molecule has 0 radical (unpaired) electrons. The van der Waals surface area contributed by atoms with Crippen molar-refractivity contribution < 1.29 is 18.3 Å². The Kier molecular flexibility index (Phi) is 5.55. The van der Waals surface area contributed by atoms with Crippen molar-refractivity contribution >= 4 is 15.8 Å². The molecule has 7 heteroatoms. The van der Waals surface area contributed by atoms with Crippen molar-refractivity contribution in [2.75, 3.05) is 51.3 Å². The summed E-state index contributed by atoms with van der Waals surface area (Å²) in [6.45, 7) is 5.58. The summed E-state index contributed by atoms with van der Waals surface area (Å²) in [5.41, 5.74) is 0. The van der Waals surface area contributed by atoms with Gasteiger partial charge in [-0.2, -0.15) is 0 Å². The van der Waals surface area contributed by atoms with Crippen molar-refractivity contribution in [2.24, 2.45) is 5.92 Å². The fourth-order valence-corrected chi connectivity index (χ4v) is 3.48. The van der Waals surface area contributed by atoms with Crippen LogP contribution in [0.15, 0.2) is 0 Å². The number of carbonyl (C=O) groups is 1. The lowest BCUT2D eigenvalue weighted by Gasteiger charge is -2.32. The molecule has 1 atom stereocenters. The van der Waals surface area contributed by atoms with E-state index in [2.05, 4.69) is 9.80 Å². The van der Waals surface area contributed by atoms with Gasteiger partial charge in [-0.1, -0.05) is 6.92 Å². The molecule has 1 heterocycles. The average molecular weight is 278 g/mol. The van der Waals surface area contributed by atoms with Crippen molar-refractivity contribution in [3.05, 3.63) is 0 Å². The number of rotatable bonds is 6. The SMILES string of the molecule is CC(CS(=O)(=O)CCN1CCN(C)CC1)C(=O)O. The van der Waals surface area contributed by atoms with Gasteiger partial charge in [0.05, 0.1) is 17.4 Å². The first-order valence-corrected chi connectivity index (χ1v) is 7.96. The fourth-order valence-electron chi connectivity index (χ4n) is 1.88. The van der Waals surface area contributed by atoms with E-state index in [1.807, 2.05) is 7.05 Å². The number of aliphatic carboxylic acids is 1. The molecule has 0 bridgehead atoms. The Morgan fingerprint density at radius 3 is 2.33 bits per heavy atom. The van der Waals surface area contributed by atoms with Gasteiger partial charge in [0.15, 0.2) is 9.84 Å². The lowest BCUT2D eigenvalue weighted by molar-refractivity contribution is -0.140. The number of hydrogen-bond acceptors (Lipinski definition) is 5. The third kappa shape index (κ3) is 5.32. The maximum absolute atomic E-state index is 11.8. The molecule has 0 spiro atoms. The van der Waals surface area contributed by atoms with Crippen LogP contribution in [0.4, 0.5) is 0 Å². The van der Waals surface area contributed by atoms with Crippen LogP contribution in [0, 0.1) is 5.92 Å². The fraction of sp³-hybridized carbons (Fsp3) is 0.909. The maximum Gasteiger partial charge on any atom is 0.307 e.